The summed E-state index contributed by atoms with van der Waals surface area (Å²) in [6, 6.07) is 18.7. The Morgan fingerprint density at radius 2 is 1.52 bits per heavy atom. The molecule has 1 aliphatic carbocycles. The van der Waals surface area contributed by atoms with Gasteiger partial charge in [0.2, 0.25) is 0 Å². The molecule has 0 amide bonds. The third-order valence-corrected chi connectivity index (χ3v) is 5.07. The Morgan fingerprint density at radius 3 is 2.17 bits per heavy atom. The van der Waals surface area contributed by atoms with Gasteiger partial charge in [0.05, 0.1) is 0 Å². The average Bonchev–Trinajstić information content (AvgIpc) is 2.59. The van der Waals surface area contributed by atoms with Crippen molar-refractivity contribution in [1.82, 2.24) is 0 Å². The zero-order valence-electron chi connectivity index (χ0n) is 12.6. The summed E-state index contributed by atoms with van der Waals surface area (Å²) in [6.07, 6.45) is 8.33. The Balaban J connectivity index is 1.97. The molecule has 0 radical (unpaired) electrons. The van der Waals surface area contributed by atoms with Gasteiger partial charge in [-0.05, 0) is 30.3 Å². The third-order valence-electron chi connectivity index (χ3n) is 3.64. The van der Waals surface area contributed by atoms with Gasteiger partial charge in [0.25, 0.3) is 5.85 Å². The van der Waals surface area contributed by atoms with E-state index in [1.807, 2.05) is 54.6 Å². The quantitative estimate of drug-likeness (QED) is 0.665. The summed E-state index contributed by atoms with van der Waals surface area (Å²) < 4.78 is 20.5. The Bertz CT molecular complexity index is 726. The van der Waals surface area contributed by atoms with E-state index in [0.717, 1.165) is 4.90 Å². The monoisotopic (exact) mass is 324 g/mol. The highest BCUT2D eigenvalue weighted by atomic mass is 32.2. The van der Waals surface area contributed by atoms with E-state index in [1.165, 1.54) is 17.8 Å². The minimum Gasteiger partial charge on any atom is -0.452 e. The molecule has 0 fully saturated rings. The van der Waals surface area contributed by atoms with Crippen LogP contribution in [0.15, 0.2) is 103 Å². The summed E-state index contributed by atoms with van der Waals surface area (Å²) in [7, 11) is 0. The van der Waals surface area contributed by atoms with Crippen molar-refractivity contribution in [3.05, 3.63) is 97.6 Å². The second kappa shape index (κ2) is 6.47. The fourth-order valence-corrected chi connectivity index (χ4v) is 3.59. The molecule has 3 rings (SSSR count). The summed E-state index contributed by atoms with van der Waals surface area (Å²) in [6.45, 7) is 3.86. The van der Waals surface area contributed by atoms with Crippen LogP contribution in [-0.2, 0) is 0 Å². The van der Waals surface area contributed by atoms with Crippen molar-refractivity contribution in [2.45, 2.75) is 15.5 Å². The topological polar surface area (TPSA) is 9.23 Å². The molecule has 116 valence electrons. The van der Waals surface area contributed by atoms with E-state index in [-0.39, 0.29) is 0 Å². The molecule has 2 aromatic rings. The van der Waals surface area contributed by atoms with Crippen molar-refractivity contribution in [3.8, 4) is 5.75 Å². The maximum atomic E-state index is 15.8. The van der Waals surface area contributed by atoms with E-state index in [0.29, 0.717) is 5.75 Å². The van der Waals surface area contributed by atoms with Gasteiger partial charge in [0, 0.05) is 4.90 Å². The van der Waals surface area contributed by atoms with E-state index >= 15 is 4.39 Å². The summed E-state index contributed by atoms with van der Waals surface area (Å²) in [5, 5.41) is 0. The number of alkyl halides is 1. The summed E-state index contributed by atoms with van der Waals surface area (Å²) in [5.74, 6) is -1.54. The second-order valence-corrected chi connectivity index (χ2v) is 6.54. The van der Waals surface area contributed by atoms with Gasteiger partial charge in [-0.15, -0.1) is 18.3 Å². The number of allylic oxidation sites excluding steroid dienone is 2. The Labute approximate surface area is 140 Å². The molecule has 2 atom stereocenters. The molecule has 0 bridgehead atoms. The molecule has 1 aliphatic rings. The summed E-state index contributed by atoms with van der Waals surface area (Å²) in [5.41, 5.74) is 0. The number of halogens is 1. The van der Waals surface area contributed by atoms with Crippen molar-refractivity contribution in [2.75, 3.05) is 0 Å². The molecule has 2 unspecified atom stereocenters. The second-order valence-electron chi connectivity index (χ2n) is 5.19. The van der Waals surface area contributed by atoms with Crippen LogP contribution in [0.1, 0.15) is 0 Å². The fourth-order valence-electron chi connectivity index (χ4n) is 2.43. The molecule has 0 aromatic heterocycles. The van der Waals surface area contributed by atoms with Crippen molar-refractivity contribution < 1.29 is 9.13 Å². The number of rotatable bonds is 5. The van der Waals surface area contributed by atoms with Crippen molar-refractivity contribution in [3.63, 3.8) is 0 Å². The molecular formula is C20H17FOS. The number of thioether (sulfide) groups is 1. The first kappa shape index (κ1) is 15.6. The van der Waals surface area contributed by atoms with Gasteiger partial charge in [-0.2, -0.15) is 4.39 Å². The highest BCUT2D eigenvalue weighted by Gasteiger charge is 2.51. The molecule has 23 heavy (non-hydrogen) atoms. The highest BCUT2D eigenvalue weighted by molar-refractivity contribution is 8.01. The third kappa shape index (κ3) is 3.10. The Kier molecular flexibility index (Phi) is 4.39. The standard InChI is InChI=1S/C20H17FOS/c1-2-19(23-18-13-7-4-8-14-18)15-9-10-16-20(19,21)22-17-11-5-3-6-12-17/h2-16H,1H2. The largest absolute Gasteiger partial charge is 0.452 e. The molecular weight excluding hydrogens is 307 g/mol. The average molecular weight is 324 g/mol. The zero-order valence-corrected chi connectivity index (χ0v) is 13.4. The van der Waals surface area contributed by atoms with Crippen LogP contribution >= 0.6 is 11.8 Å². The van der Waals surface area contributed by atoms with Gasteiger partial charge >= 0.3 is 0 Å². The number of hydrogen-bond donors (Lipinski definition) is 0. The summed E-state index contributed by atoms with van der Waals surface area (Å²) in [4.78, 5) is 0.950. The first-order valence-electron chi connectivity index (χ1n) is 7.35. The lowest BCUT2D eigenvalue weighted by Gasteiger charge is -2.40. The number of ether oxygens (including phenoxy) is 1. The number of para-hydroxylation sites is 1. The van der Waals surface area contributed by atoms with E-state index in [9.17, 15) is 0 Å². The molecule has 3 heteroatoms. The van der Waals surface area contributed by atoms with E-state index in [4.69, 9.17) is 4.74 Å². The van der Waals surface area contributed by atoms with Crippen LogP contribution in [0, 0.1) is 0 Å². The predicted octanol–water partition coefficient (Wildman–Crippen LogP) is 5.57. The Morgan fingerprint density at radius 1 is 0.913 bits per heavy atom. The van der Waals surface area contributed by atoms with Crippen LogP contribution in [0.2, 0.25) is 0 Å². The first-order chi connectivity index (χ1) is 11.2. The van der Waals surface area contributed by atoms with Crippen LogP contribution < -0.4 is 4.74 Å². The molecule has 0 saturated heterocycles. The lowest BCUT2D eigenvalue weighted by atomic mass is 9.94. The van der Waals surface area contributed by atoms with Gasteiger partial charge in [0.1, 0.15) is 10.5 Å². The fraction of sp³-hybridized carbons (Fsp3) is 0.100. The van der Waals surface area contributed by atoms with Gasteiger partial charge in [0.15, 0.2) is 0 Å². The zero-order chi connectivity index (χ0) is 16.2. The van der Waals surface area contributed by atoms with Crippen LogP contribution in [0.4, 0.5) is 4.39 Å². The first-order valence-corrected chi connectivity index (χ1v) is 8.17. The molecule has 0 heterocycles. The number of hydrogen-bond acceptors (Lipinski definition) is 2. The van der Waals surface area contributed by atoms with Crippen molar-refractivity contribution in [2.24, 2.45) is 0 Å². The maximum absolute atomic E-state index is 15.8. The lowest BCUT2D eigenvalue weighted by molar-refractivity contribution is -0.0262. The van der Waals surface area contributed by atoms with Crippen molar-refractivity contribution >= 4 is 11.8 Å². The molecule has 0 spiro atoms. The minimum atomic E-state index is -2.02. The normalized spacial score (nSPS) is 26.0. The van der Waals surface area contributed by atoms with E-state index < -0.39 is 10.6 Å². The predicted molar refractivity (Wildman–Crippen MR) is 94.4 cm³/mol. The SMILES string of the molecule is C=CC1(Sc2ccccc2)C=CC=CC1(F)Oc1ccccc1. The maximum Gasteiger partial charge on any atom is 0.289 e. The summed E-state index contributed by atoms with van der Waals surface area (Å²) >= 11 is 1.38. The van der Waals surface area contributed by atoms with Gasteiger partial charge in [-0.1, -0.05) is 60.7 Å². The molecule has 1 nitrogen and oxygen atoms in total. The molecule has 0 N–H and O–H groups in total. The smallest absolute Gasteiger partial charge is 0.289 e. The molecule has 0 saturated carbocycles. The van der Waals surface area contributed by atoms with Crippen LogP contribution in [-0.4, -0.2) is 10.6 Å². The highest BCUT2D eigenvalue weighted by Crippen LogP contribution is 2.48. The minimum absolute atomic E-state index is 0.481. The van der Waals surface area contributed by atoms with Gasteiger partial charge in [-0.3, -0.25) is 0 Å². The molecule has 0 aliphatic heterocycles. The number of benzene rings is 2. The van der Waals surface area contributed by atoms with E-state index in [1.54, 1.807) is 30.4 Å². The van der Waals surface area contributed by atoms with E-state index in [2.05, 4.69) is 6.58 Å². The van der Waals surface area contributed by atoms with Gasteiger partial charge in [-0.25, -0.2) is 0 Å². The van der Waals surface area contributed by atoms with Gasteiger partial charge < -0.3 is 4.74 Å². The van der Waals surface area contributed by atoms with Crippen LogP contribution in [0.3, 0.4) is 0 Å². The van der Waals surface area contributed by atoms with Crippen LogP contribution in [0.25, 0.3) is 0 Å². The lowest BCUT2D eigenvalue weighted by Crippen LogP contribution is -2.49. The Hall–Kier alpha value is -2.26. The molecule has 2 aromatic carbocycles. The van der Waals surface area contributed by atoms with Crippen LogP contribution in [0.5, 0.6) is 5.75 Å². The van der Waals surface area contributed by atoms with Crippen molar-refractivity contribution in [1.29, 1.82) is 0 Å².